The van der Waals surface area contributed by atoms with E-state index in [0.29, 0.717) is 28.7 Å². The summed E-state index contributed by atoms with van der Waals surface area (Å²) in [6.07, 6.45) is 3.02. The second-order valence-electron chi connectivity index (χ2n) is 6.50. The zero-order valence-corrected chi connectivity index (χ0v) is 18.1. The summed E-state index contributed by atoms with van der Waals surface area (Å²) in [6.45, 7) is 0.460. The van der Waals surface area contributed by atoms with E-state index in [1.165, 1.54) is 0 Å². The molecule has 0 spiro atoms. The monoisotopic (exact) mass is 492 g/mol. The molecule has 0 saturated carbocycles. The van der Waals surface area contributed by atoms with Gasteiger partial charge in [0.05, 0.1) is 24.1 Å². The second-order valence-corrected chi connectivity index (χ2v) is 8.26. The van der Waals surface area contributed by atoms with Gasteiger partial charge in [-0.1, -0.05) is 62.5 Å². The third kappa shape index (κ3) is 4.80. The fourth-order valence-electron chi connectivity index (χ4n) is 2.92. The average Bonchev–Trinajstić information content (AvgIpc) is 3.34. The van der Waals surface area contributed by atoms with Crippen LogP contribution >= 0.6 is 39.1 Å². The summed E-state index contributed by atoms with van der Waals surface area (Å²) in [5, 5.41) is 12.3. The number of anilines is 1. The number of nitrogens with one attached hydrogen (secondary N) is 1. The summed E-state index contributed by atoms with van der Waals surface area (Å²) >= 11 is 15.6. The fourth-order valence-corrected chi connectivity index (χ4v) is 3.79. The zero-order valence-electron chi connectivity index (χ0n) is 15.0. The summed E-state index contributed by atoms with van der Waals surface area (Å²) in [7, 11) is 0. The molecule has 9 heteroatoms. The lowest BCUT2D eigenvalue weighted by atomic mass is 10.0. The van der Waals surface area contributed by atoms with Crippen molar-refractivity contribution in [2.24, 2.45) is 5.16 Å². The van der Waals surface area contributed by atoms with Crippen molar-refractivity contribution in [2.75, 3.05) is 5.32 Å². The molecular formula is C20H15BrCl2N4O2. The number of nitrogens with zero attached hydrogens (tertiary/aromatic N) is 3. The van der Waals surface area contributed by atoms with Crippen molar-refractivity contribution in [1.29, 1.82) is 0 Å². The smallest absolute Gasteiger partial charge is 0.268 e. The highest BCUT2D eigenvalue weighted by molar-refractivity contribution is 9.10. The lowest BCUT2D eigenvalue weighted by Crippen LogP contribution is -2.27. The molecule has 4 rings (SSSR count). The first-order valence-electron chi connectivity index (χ1n) is 8.74. The van der Waals surface area contributed by atoms with Crippen LogP contribution in [0.3, 0.4) is 0 Å². The van der Waals surface area contributed by atoms with Gasteiger partial charge in [-0.2, -0.15) is 5.10 Å². The lowest BCUT2D eigenvalue weighted by Gasteiger charge is -2.08. The quantitative estimate of drug-likeness (QED) is 0.535. The molecule has 0 bridgehead atoms. The molecule has 0 radical (unpaired) electrons. The van der Waals surface area contributed by atoms with Gasteiger partial charge in [0.2, 0.25) is 6.10 Å². The minimum absolute atomic E-state index is 0.275. The number of benzene rings is 2. The first-order valence-corrected chi connectivity index (χ1v) is 10.3. The number of carbonyl (C=O) groups is 1. The minimum atomic E-state index is -0.682. The number of aromatic nitrogens is 2. The highest BCUT2D eigenvalue weighted by Gasteiger charge is 2.29. The molecule has 2 heterocycles. The molecule has 1 aromatic heterocycles. The molecule has 0 saturated heterocycles. The number of hydrogen-bond acceptors (Lipinski definition) is 4. The molecule has 1 unspecified atom stereocenters. The van der Waals surface area contributed by atoms with E-state index in [4.69, 9.17) is 28.0 Å². The van der Waals surface area contributed by atoms with Crippen molar-refractivity contribution >= 4 is 56.4 Å². The van der Waals surface area contributed by atoms with E-state index in [1.807, 2.05) is 30.3 Å². The molecular weight excluding hydrogens is 479 g/mol. The molecule has 1 atom stereocenters. The van der Waals surface area contributed by atoms with E-state index in [2.05, 4.69) is 31.5 Å². The van der Waals surface area contributed by atoms with E-state index in [0.717, 1.165) is 21.3 Å². The summed E-state index contributed by atoms with van der Waals surface area (Å²) in [4.78, 5) is 17.9. The maximum Gasteiger partial charge on any atom is 0.268 e. The zero-order chi connectivity index (χ0) is 20.4. The molecule has 6 nitrogen and oxygen atoms in total. The van der Waals surface area contributed by atoms with Crippen LogP contribution in [-0.2, 0) is 16.2 Å². The minimum Gasteiger partial charge on any atom is -0.382 e. The van der Waals surface area contributed by atoms with Crippen LogP contribution in [0.15, 0.2) is 64.5 Å². The molecule has 0 fully saturated rings. The van der Waals surface area contributed by atoms with Crippen LogP contribution < -0.4 is 5.32 Å². The predicted octanol–water partition coefficient (Wildman–Crippen LogP) is 5.13. The van der Waals surface area contributed by atoms with Gasteiger partial charge < -0.3 is 10.2 Å². The van der Waals surface area contributed by atoms with Crippen molar-refractivity contribution in [1.82, 2.24) is 9.78 Å². The van der Waals surface area contributed by atoms with E-state index < -0.39 is 6.10 Å². The molecule has 1 aliphatic rings. The van der Waals surface area contributed by atoms with Gasteiger partial charge >= 0.3 is 0 Å². The Labute approximate surface area is 185 Å². The number of hydrogen-bond donors (Lipinski definition) is 1. The van der Waals surface area contributed by atoms with Crippen LogP contribution in [0.4, 0.5) is 5.69 Å². The third-order valence-corrected chi connectivity index (χ3v) is 5.45. The van der Waals surface area contributed by atoms with Crippen molar-refractivity contribution < 1.29 is 9.63 Å². The van der Waals surface area contributed by atoms with Crippen molar-refractivity contribution in [2.45, 2.75) is 19.1 Å². The van der Waals surface area contributed by atoms with Crippen molar-refractivity contribution in [3.63, 3.8) is 0 Å². The third-order valence-electron chi connectivity index (χ3n) is 4.37. The predicted molar refractivity (Wildman–Crippen MR) is 117 cm³/mol. The van der Waals surface area contributed by atoms with E-state index in [1.54, 1.807) is 29.2 Å². The molecule has 2 aromatic carbocycles. The topological polar surface area (TPSA) is 68.5 Å². The molecule has 1 amide bonds. The fraction of sp³-hybridized carbons (Fsp3) is 0.150. The van der Waals surface area contributed by atoms with Crippen LogP contribution in [0, 0.1) is 0 Å². The van der Waals surface area contributed by atoms with Crippen molar-refractivity contribution in [3.05, 3.63) is 80.5 Å². The Morgan fingerprint density at radius 3 is 2.93 bits per heavy atom. The van der Waals surface area contributed by atoms with Crippen LogP contribution in [-0.4, -0.2) is 27.5 Å². The van der Waals surface area contributed by atoms with Crippen LogP contribution in [0.1, 0.15) is 17.5 Å². The summed E-state index contributed by atoms with van der Waals surface area (Å²) in [5.41, 5.74) is 3.10. The second kappa shape index (κ2) is 8.57. The Kier molecular flexibility index (Phi) is 5.89. The van der Waals surface area contributed by atoms with Gasteiger partial charge in [-0.05, 0) is 29.8 Å². The van der Waals surface area contributed by atoms with E-state index in [-0.39, 0.29) is 5.91 Å². The van der Waals surface area contributed by atoms with Gasteiger partial charge in [0.25, 0.3) is 5.91 Å². The van der Waals surface area contributed by atoms with Gasteiger partial charge in [0.1, 0.15) is 0 Å². The number of halogens is 3. The molecule has 29 heavy (non-hydrogen) atoms. The number of oxime groups is 1. The molecule has 0 aliphatic carbocycles. The van der Waals surface area contributed by atoms with Gasteiger partial charge in [-0.3, -0.25) is 9.48 Å². The van der Waals surface area contributed by atoms with Gasteiger partial charge in [-0.15, -0.1) is 0 Å². The molecule has 148 valence electrons. The Morgan fingerprint density at radius 1 is 1.28 bits per heavy atom. The Morgan fingerprint density at radius 2 is 2.14 bits per heavy atom. The summed E-state index contributed by atoms with van der Waals surface area (Å²) in [5.74, 6) is -0.275. The highest BCUT2D eigenvalue weighted by atomic mass is 79.9. The number of carbonyl (C=O) groups excluding carboxylic acids is 1. The normalized spacial score (nSPS) is 15.7. The van der Waals surface area contributed by atoms with Crippen LogP contribution in [0.2, 0.25) is 10.0 Å². The lowest BCUT2D eigenvalue weighted by molar-refractivity contribution is -0.125. The largest absolute Gasteiger partial charge is 0.382 e. The first-order chi connectivity index (χ1) is 14.0. The van der Waals surface area contributed by atoms with E-state index >= 15 is 0 Å². The number of amides is 1. The first kappa shape index (κ1) is 19.9. The van der Waals surface area contributed by atoms with Crippen LogP contribution in [0.5, 0.6) is 0 Å². The standard InChI is InChI=1S/C20H15BrCl2N4O2/c21-14-3-1-2-12(6-14)18-8-19(29-26-18)20(28)25-16-9-24-27(11-16)10-13-4-5-15(22)7-17(13)23/h1-7,9,11,19H,8,10H2,(H,25,28). The number of rotatable bonds is 5. The van der Waals surface area contributed by atoms with E-state index in [9.17, 15) is 4.79 Å². The Bertz CT molecular complexity index is 1100. The molecule has 3 aromatic rings. The highest BCUT2D eigenvalue weighted by Crippen LogP contribution is 2.23. The average molecular weight is 494 g/mol. The Balaban J connectivity index is 1.36. The van der Waals surface area contributed by atoms with Crippen molar-refractivity contribution in [3.8, 4) is 0 Å². The Hall–Kier alpha value is -2.35. The molecule has 1 N–H and O–H groups in total. The van der Waals surface area contributed by atoms with Gasteiger partial charge in [0, 0.05) is 32.7 Å². The molecule has 1 aliphatic heterocycles. The summed E-state index contributed by atoms with van der Waals surface area (Å²) < 4.78 is 2.63. The van der Waals surface area contributed by atoms with Crippen LogP contribution in [0.25, 0.3) is 0 Å². The maximum atomic E-state index is 12.5. The van der Waals surface area contributed by atoms with Gasteiger partial charge in [-0.25, -0.2) is 0 Å². The maximum absolute atomic E-state index is 12.5. The SMILES string of the molecule is O=C(Nc1cnn(Cc2ccc(Cl)cc2Cl)c1)C1CC(c2cccc(Br)c2)=NO1. The summed E-state index contributed by atoms with van der Waals surface area (Å²) in [6, 6.07) is 13.0. The van der Waals surface area contributed by atoms with Gasteiger partial charge in [0.15, 0.2) is 0 Å².